The van der Waals surface area contributed by atoms with Crippen molar-refractivity contribution in [2.45, 2.75) is 19.3 Å². The number of rotatable bonds is 8. The summed E-state index contributed by atoms with van der Waals surface area (Å²) in [4.78, 5) is 0. The summed E-state index contributed by atoms with van der Waals surface area (Å²) < 4.78 is 40.9. The van der Waals surface area contributed by atoms with Gasteiger partial charge in [-0.1, -0.05) is 6.07 Å². The van der Waals surface area contributed by atoms with Crippen molar-refractivity contribution in [3.05, 3.63) is 35.4 Å². The summed E-state index contributed by atoms with van der Waals surface area (Å²) in [6, 6.07) is 3.98. The van der Waals surface area contributed by atoms with Crippen molar-refractivity contribution < 1.29 is 22.1 Å². The smallest absolute Gasteiger partial charge is 0.375 e. The molecule has 101 valence electrons. The molecule has 0 N–H and O–H groups in total. The first-order chi connectivity index (χ1) is 8.67. The summed E-state index contributed by atoms with van der Waals surface area (Å²) >= 11 is 0. The third-order valence-electron chi connectivity index (χ3n) is 2.40. The van der Waals surface area contributed by atoms with Gasteiger partial charge in [-0.3, -0.25) is 0 Å². The third kappa shape index (κ3) is 5.22. The summed E-state index contributed by atoms with van der Waals surface area (Å²) in [6.07, 6.45) is 2.36. The van der Waals surface area contributed by atoms with Gasteiger partial charge >= 0.3 is 9.53 Å². The number of hydrogen-bond donors (Lipinski definition) is 0. The molecular weight excluding hydrogens is 258 g/mol. The van der Waals surface area contributed by atoms with E-state index in [0.29, 0.717) is 13.0 Å². The largest absolute Gasteiger partial charge is 0.577 e. The highest BCUT2D eigenvalue weighted by Crippen LogP contribution is 2.11. The second-order valence-corrected chi connectivity index (χ2v) is 5.32. The Morgan fingerprint density at radius 3 is 2.39 bits per heavy atom. The SMILES string of the molecule is CO[Si](OC)OCCCCc1ccc(F)c(F)c1. The summed E-state index contributed by atoms with van der Waals surface area (Å²) in [6.45, 7) is 0.541. The van der Waals surface area contributed by atoms with Gasteiger partial charge in [0.05, 0.1) is 0 Å². The first-order valence-electron chi connectivity index (χ1n) is 5.69. The van der Waals surface area contributed by atoms with Crippen molar-refractivity contribution in [2.24, 2.45) is 0 Å². The highest BCUT2D eigenvalue weighted by molar-refractivity contribution is 6.36. The second-order valence-electron chi connectivity index (χ2n) is 3.71. The van der Waals surface area contributed by atoms with Gasteiger partial charge in [0.15, 0.2) is 11.6 Å². The zero-order chi connectivity index (χ0) is 13.4. The van der Waals surface area contributed by atoms with E-state index in [-0.39, 0.29) is 0 Å². The molecule has 0 bridgehead atoms. The lowest BCUT2D eigenvalue weighted by molar-refractivity contribution is 0.133. The Bertz CT molecular complexity index is 359. The molecule has 0 saturated heterocycles. The molecule has 1 aromatic rings. The summed E-state index contributed by atoms with van der Waals surface area (Å²) in [7, 11) is 1.49. The molecule has 0 amide bonds. The lowest BCUT2D eigenvalue weighted by atomic mass is 10.1. The van der Waals surface area contributed by atoms with E-state index >= 15 is 0 Å². The standard InChI is InChI=1S/C12H17F2O3Si/c1-15-18(16-2)17-8-4-3-5-10-6-7-11(13)12(14)9-10/h6-7,9H,3-5,8H2,1-2H3. The maximum Gasteiger partial charge on any atom is 0.577 e. The number of halogens is 2. The highest BCUT2D eigenvalue weighted by atomic mass is 28.3. The van der Waals surface area contributed by atoms with Gasteiger partial charge in [0.25, 0.3) is 0 Å². The van der Waals surface area contributed by atoms with Crippen LogP contribution in [0.1, 0.15) is 18.4 Å². The van der Waals surface area contributed by atoms with Crippen LogP contribution in [0.4, 0.5) is 8.78 Å². The van der Waals surface area contributed by atoms with E-state index in [1.54, 1.807) is 20.3 Å². The maximum atomic E-state index is 12.9. The van der Waals surface area contributed by atoms with E-state index in [1.807, 2.05) is 0 Å². The van der Waals surface area contributed by atoms with E-state index in [9.17, 15) is 8.78 Å². The molecule has 0 aliphatic carbocycles. The molecule has 0 fully saturated rings. The highest BCUT2D eigenvalue weighted by Gasteiger charge is 2.13. The predicted octanol–water partition coefficient (Wildman–Crippen LogP) is 2.58. The van der Waals surface area contributed by atoms with Crippen LogP contribution in [0.2, 0.25) is 0 Å². The van der Waals surface area contributed by atoms with Crippen molar-refractivity contribution in [3.8, 4) is 0 Å². The van der Waals surface area contributed by atoms with Gasteiger partial charge in [-0.05, 0) is 37.0 Å². The number of hydrogen-bond acceptors (Lipinski definition) is 3. The average Bonchev–Trinajstić information content (AvgIpc) is 2.38. The maximum absolute atomic E-state index is 12.9. The Labute approximate surface area is 108 Å². The van der Waals surface area contributed by atoms with Crippen molar-refractivity contribution in [1.29, 1.82) is 0 Å². The molecule has 6 heteroatoms. The molecule has 18 heavy (non-hydrogen) atoms. The van der Waals surface area contributed by atoms with Gasteiger partial charge in [0.2, 0.25) is 0 Å². The topological polar surface area (TPSA) is 27.7 Å². The van der Waals surface area contributed by atoms with Crippen molar-refractivity contribution in [1.82, 2.24) is 0 Å². The lowest BCUT2D eigenvalue weighted by Crippen LogP contribution is -2.24. The Balaban J connectivity index is 2.19. The minimum Gasteiger partial charge on any atom is -0.375 e. The van der Waals surface area contributed by atoms with Crippen molar-refractivity contribution >= 4 is 9.53 Å². The number of aryl methyl sites for hydroxylation is 1. The molecule has 3 nitrogen and oxygen atoms in total. The van der Waals surface area contributed by atoms with Gasteiger partial charge in [-0.15, -0.1) is 0 Å². The van der Waals surface area contributed by atoms with Gasteiger partial charge < -0.3 is 13.3 Å². The fourth-order valence-corrected chi connectivity index (χ4v) is 2.20. The van der Waals surface area contributed by atoms with E-state index in [0.717, 1.165) is 24.5 Å². The second kappa shape index (κ2) is 8.31. The average molecular weight is 275 g/mol. The summed E-state index contributed by atoms with van der Waals surface area (Å²) in [5.74, 6) is -1.61. The Hall–Kier alpha value is -0.823. The molecule has 0 unspecified atom stereocenters. The van der Waals surface area contributed by atoms with Gasteiger partial charge in [-0.2, -0.15) is 0 Å². The van der Waals surface area contributed by atoms with Crippen LogP contribution in [0.15, 0.2) is 18.2 Å². The van der Waals surface area contributed by atoms with Crippen LogP contribution >= 0.6 is 0 Å². The van der Waals surface area contributed by atoms with Gasteiger partial charge in [-0.25, -0.2) is 8.78 Å². The molecule has 0 heterocycles. The van der Waals surface area contributed by atoms with E-state index in [1.165, 1.54) is 6.07 Å². The first kappa shape index (κ1) is 15.2. The molecular formula is C12H17F2O3Si. The monoisotopic (exact) mass is 275 g/mol. The summed E-state index contributed by atoms with van der Waals surface area (Å²) in [5.41, 5.74) is 0.790. The molecule has 0 aliphatic rings. The Morgan fingerprint density at radius 2 is 1.78 bits per heavy atom. The van der Waals surface area contributed by atoms with Crippen LogP contribution in [0, 0.1) is 11.6 Å². The summed E-state index contributed by atoms with van der Waals surface area (Å²) in [5, 5.41) is 0. The molecule has 1 rings (SSSR count). The predicted molar refractivity (Wildman–Crippen MR) is 65.0 cm³/mol. The molecule has 0 saturated carbocycles. The van der Waals surface area contributed by atoms with Crippen LogP contribution < -0.4 is 0 Å². The minimum atomic E-state index is -1.59. The molecule has 0 aliphatic heterocycles. The molecule has 0 atom stereocenters. The quantitative estimate of drug-likeness (QED) is 0.539. The molecule has 0 spiro atoms. The minimum absolute atomic E-state index is 0.541. The van der Waals surface area contributed by atoms with Crippen molar-refractivity contribution in [2.75, 3.05) is 20.8 Å². The van der Waals surface area contributed by atoms with E-state index in [4.69, 9.17) is 13.3 Å². The van der Waals surface area contributed by atoms with Crippen LogP contribution in [-0.2, 0) is 19.7 Å². The normalized spacial score (nSPS) is 11.2. The first-order valence-corrected chi connectivity index (χ1v) is 6.91. The van der Waals surface area contributed by atoms with Crippen LogP contribution in [0.25, 0.3) is 0 Å². The zero-order valence-corrected chi connectivity index (χ0v) is 11.5. The van der Waals surface area contributed by atoms with Crippen molar-refractivity contribution in [3.63, 3.8) is 0 Å². The van der Waals surface area contributed by atoms with Crippen LogP contribution in [0.3, 0.4) is 0 Å². The molecule has 0 aromatic heterocycles. The zero-order valence-electron chi connectivity index (χ0n) is 10.5. The van der Waals surface area contributed by atoms with Gasteiger partial charge in [0, 0.05) is 20.8 Å². The fraction of sp³-hybridized carbons (Fsp3) is 0.500. The number of unbranched alkanes of at least 4 members (excludes halogenated alkanes) is 1. The Kier molecular flexibility index (Phi) is 7.03. The molecule has 1 aromatic carbocycles. The lowest BCUT2D eigenvalue weighted by Gasteiger charge is -2.09. The number of benzene rings is 1. The van der Waals surface area contributed by atoms with E-state index < -0.39 is 21.2 Å². The fourth-order valence-electron chi connectivity index (χ4n) is 1.48. The van der Waals surface area contributed by atoms with E-state index in [2.05, 4.69) is 0 Å². The van der Waals surface area contributed by atoms with Gasteiger partial charge in [0.1, 0.15) is 0 Å². The Morgan fingerprint density at radius 1 is 1.06 bits per heavy atom. The third-order valence-corrected chi connectivity index (χ3v) is 3.50. The van der Waals surface area contributed by atoms with Crippen LogP contribution in [0.5, 0.6) is 0 Å². The van der Waals surface area contributed by atoms with Crippen LogP contribution in [-0.4, -0.2) is 30.4 Å². The molecule has 1 radical (unpaired) electrons.